The second-order valence-electron chi connectivity index (χ2n) is 9.57. The molecule has 0 amide bonds. The van der Waals surface area contributed by atoms with E-state index in [4.69, 9.17) is 0 Å². The maximum Gasteiger partial charge on any atom is 0.161 e. The summed E-state index contributed by atoms with van der Waals surface area (Å²) in [6.45, 7) is 6.16. The van der Waals surface area contributed by atoms with Crippen LogP contribution in [0, 0.1) is 28.6 Å². The number of ketones is 1. The van der Waals surface area contributed by atoms with Crippen molar-refractivity contribution in [1.82, 2.24) is 0 Å². The van der Waals surface area contributed by atoms with Gasteiger partial charge in [0.25, 0.3) is 0 Å². The molecule has 0 unspecified atom stereocenters. The molecular weight excluding hydrogens is 300 g/mol. The summed E-state index contributed by atoms with van der Waals surface area (Å²) >= 11 is 0. The number of allylic oxidation sites excluding steroid dienone is 1. The van der Waals surface area contributed by atoms with Crippen LogP contribution in [0.3, 0.4) is 0 Å². The summed E-state index contributed by atoms with van der Waals surface area (Å²) in [6, 6.07) is 0. The predicted molar refractivity (Wildman–Crippen MR) is 93.3 cm³/mol. The van der Waals surface area contributed by atoms with Crippen LogP contribution in [0.2, 0.25) is 0 Å². The first-order valence-electron chi connectivity index (χ1n) is 9.83. The Balaban J connectivity index is 1.69. The molecular formula is C21H32O3. The van der Waals surface area contributed by atoms with Gasteiger partial charge in [0, 0.05) is 5.41 Å². The highest BCUT2D eigenvalue weighted by Crippen LogP contribution is 2.67. The molecule has 4 rings (SSSR count). The number of fused-ring (bicyclic) bond motifs is 5. The van der Waals surface area contributed by atoms with Crippen LogP contribution in [0.1, 0.15) is 72.1 Å². The quantitative estimate of drug-likeness (QED) is 0.721. The molecule has 0 radical (unpaired) electrons. The van der Waals surface area contributed by atoms with Crippen LogP contribution in [0.25, 0.3) is 0 Å². The van der Waals surface area contributed by atoms with Gasteiger partial charge in [0.15, 0.2) is 5.78 Å². The van der Waals surface area contributed by atoms with Gasteiger partial charge in [-0.3, -0.25) is 4.79 Å². The van der Waals surface area contributed by atoms with Crippen LogP contribution < -0.4 is 0 Å². The standard InChI is InChI=1S/C21H32O3/c1-13(22)21(24)11-8-18-16-5-4-14-12-15(23)6-9-19(14,2)17(16)7-10-20(18,21)3/h4,15-18,23-24H,5-12H2,1-3H3/t15-,16-,17+,18+,19+,20+,21-/m1/s1. The largest absolute Gasteiger partial charge is 0.393 e. The van der Waals surface area contributed by atoms with Crippen LogP contribution in [-0.2, 0) is 4.79 Å². The second-order valence-corrected chi connectivity index (χ2v) is 9.57. The number of rotatable bonds is 1. The van der Waals surface area contributed by atoms with Crippen molar-refractivity contribution in [2.45, 2.75) is 83.8 Å². The van der Waals surface area contributed by atoms with Crippen molar-refractivity contribution in [2.75, 3.05) is 0 Å². The van der Waals surface area contributed by atoms with Gasteiger partial charge in [0.2, 0.25) is 0 Å². The van der Waals surface area contributed by atoms with E-state index in [9.17, 15) is 15.0 Å². The lowest BCUT2D eigenvalue weighted by Crippen LogP contribution is -2.56. The van der Waals surface area contributed by atoms with E-state index >= 15 is 0 Å². The van der Waals surface area contributed by atoms with Crippen molar-refractivity contribution in [3.63, 3.8) is 0 Å². The maximum atomic E-state index is 12.2. The molecule has 0 saturated heterocycles. The molecule has 0 aromatic heterocycles. The van der Waals surface area contributed by atoms with Crippen molar-refractivity contribution < 1.29 is 15.0 Å². The Hall–Kier alpha value is -0.670. The average Bonchev–Trinajstić information content (AvgIpc) is 2.81. The van der Waals surface area contributed by atoms with Crippen molar-refractivity contribution in [3.05, 3.63) is 11.6 Å². The predicted octanol–water partition coefficient (Wildman–Crippen LogP) is 3.63. The molecule has 0 aliphatic heterocycles. The Morgan fingerprint density at radius 3 is 2.54 bits per heavy atom. The van der Waals surface area contributed by atoms with E-state index in [1.54, 1.807) is 6.92 Å². The Morgan fingerprint density at radius 1 is 1.12 bits per heavy atom. The first kappa shape index (κ1) is 16.8. The summed E-state index contributed by atoms with van der Waals surface area (Å²) in [5.74, 6) is 1.65. The van der Waals surface area contributed by atoms with E-state index in [1.807, 2.05) is 0 Å². The molecule has 134 valence electrons. The molecule has 3 saturated carbocycles. The highest BCUT2D eigenvalue weighted by atomic mass is 16.3. The zero-order valence-corrected chi connectivity index (χ0v) is 15.3. The maximum absolute atomic E-state index is 12.2. The summed E-state index contributed by atoms with van der Waals surface area (Å²) in [7, 11) is 0. The van der Waals surface area contributed by atoms with Crippen LogP contribution in [0.5, 0.6) is 0 Å². The molecule has 0 spiro atoms. The number of Topliss-reactive ketones (excluding diaryl/α,β-unsaturated/α-hetero) is 1. The third kappa shape index (κ3) is 1.94. The fraction of sp³-hybridized carbons (Fsp3) is 0.857. The SMILES string of the molecule is CC(=O)[C@]1(O)CC[C@H]2[C@@H]3CC=C4C[C@H](O)CC[C@]4(C)[C@H]3CC[C@@]21C. The van der Waals surface area contributed by atoms with Gasteiger partial charge in [0.05, 0.1) is 6.10 Å². The van der Waals surface area contributed by atoms with Gasteiger partial charge < -0.3 is 10.2 Å². The molecule has 3 nitrogen and oxygen atoms in total. The zero-order valence-electron chi connectivity index (χ0n) is 15.3. The number of aliphatic hydroxyl groups is 2. The molecule has 3 heteroatoms. The number of carbonyl (C=O) groups excluding carboxylic acids is 1. The minimum atomic E-state index is -1.11. The fourth-order valence-corrected chi connectivity index (χ4v) is 7.24. The normalized spacial score (nSPS) is 53.6. The molecule has 0 aromatic carbocycles. The molecule has 24 heavy (non-hydrogen) atoms. The highest BCUT2D eigenvalue weighted by molar-refractivity contribution is 5.86. The Morgan fingerprint density at radius 2 is 1.83 bits per heavy atom. The lowest BCUT2D eigenvalue weighted by Gasteiger charge is -2.58. The summed E-state index contributed by atoms with van der Waals surface area (Å²) in [5, 5.41) is 21.2. The first-order valence-corrected chi connectivity index (χ1v) is 9.83. The smallest absolute Gasteiger partial charge is 0.161 e. The molecule has 0 bridgehead atoms. The topological polar surface area (TPSA) is 57.5 Å². The third-order valence-electron chi connectivity index (χ3n) is 8.81. The van der Waals surface area contributed by atoms with E-state index in [1.165, 1.54) is 5.57 Å². The summed E-state index contributed by atoms with van der Waals surface area (Å²) in [4.78, 5) is 12.2. The summed E-state index contributed by atoms with van der Waals surface area (Å²) < 4.78 is 0. The van der Waals surface area contributed by atoms with Gasteiger partial charge in [-0.25, -0.2) is 0 Å². The summed E-state index contributed by atoms with van der Waals surface area (Å²) in [5.41, 5.74) is 0.331. The monoisotopic (exact) mass is 332 g/mol. The van der Waals surface area contributed by atoms with Gasteiger partial charge in [-0.1, -0.05) is 25.5 Å². The zero-order chi connectivity index (χ0) is 17.3. The van der Waals surface area contributed by atoms with Crippen molar-refractivity contribution in [1.29, 1.82) is 0 Å². The van der Waals surface area contributed by atoms with E-state index in [0.29, 0.717) is 24.2 Å². The molecule has 0 heterocycles. The first-order chi connectivity index (χ1) is 11.2. The van der Waals surface area contributed by atoms with E-state index in [0.717, 1.165) is 44.9 Å². The lowest BCUT2D eigenvalue weighted by atomic mass is 9.47. The van der Waals surface area contributed by atoms with Gasteiger partial charge in [-0.2, -0.15) is 0 Å². The van der Waals surface area contributed by atoms with Crippen molar-refractivity contribution >= 4 is 5.78 Å². The van der Waals surface area contributed by atoms with Gasteiger partial charge in [-0.05, 0) is 81.5 Å². The Kier molecular flexibility index (Phi) is 3.61. The Bertz CT molecular complexity index is 596. The van der Waals surface area contributed by atoms with E-state index in [-0.39, 0.29) is 22.7 Å². The number of hydrogen-bond acceptors (Lipinski definition) is 3. The lowest BCUT2D eigenvalue weighted by molar-refractivity contribution is -0.159. The third-order valence-corrected chi connectivity index (χ3v) is 8.81. The minimum Gasteiger partial charge on any atom is -0.393 e. The van der Waals surface area contributed by atoms with E-state index in [2.05, 4.69) is 19.9 Å². The minimum absolute atomic E-state index is 0.0370. The van der Waals surface area contributed by atoms with Crippen molar-refractivity contribution in [2.24, 2.45) is 28.6 Å². The van der Waals surface area contributed by atoms with Gasteiger partial charge in [-0.15, -0.1) is 0 Å². The summed E-state index contributed by atoms with van der Waals surface area (Å²) in [6.07, 6.45) is 9.84. The molecule has 4 aliphatic rings. The molecule has 2 N–H and O–H groups in total. The molecule has 3 fully saturated rings. The average molecular weight is 332 g/mol. The van der Waals surface area contributed by atoms with Crippen LogP contribution in [-0.4, -0.2) is 27.7 Å². The Labute approximate surface area is 145 Å². The molecule has 7 atom stereocenters. The number of carbonyl (C=O) groups is 1. The van der Waals surface area contributed by atoms with E-state index < -0.39 is 5.60 Å². The fourth-order valence-electron chi connectivity index (χ4n) is 7.24. The molecule has 4 aliphatic carbocycles. The van der Waals surface area contributed by atoms with Gasteiger partial charge in [0.1, 0.15) is 5.60 Å². The van der Waals surface area contributed by atoms with Gasteiger partial charge >= 0.3 is 0 Å². The number of aliphatic hydroxyl groups excluding tert-OH is 1. The van der Waals surface area contributed by atoms with Crippen molar-refractivity contribution in [3.8, 4) is 0 Å². The second kappa shape index (κ2) is 5.17. The van der Waals surface area contributed by atoms with Crippen LogP contribution in [0.15, 0.2) is 11.6 Å². The van der Waals surface area contributed by atoms with Crippen LogP contribution >= 0.6 is 0 Å². The van der Waals surface area contributed by atoms with Crippen LogP contribution in [0.4, 0.5) is 0 Å². The molecule has 0 aromatic rings. The highest BCUT2D eigenvalue weighted by Gasteiger charge is 2.65. The number of hydrogen-bond donors (Lipinski definition) is 2.